The van der Waals surface area contributed by atoms with E-state index in [0.29, 0.717) is 5.69 Å². The third-order valence-corrected chi connectivity index (χ3v) is 2.97. The Hall–Kier alpha value is -2.69. The Balaban J connectivity index is 2.21. The van der Waals surface area contributed by atoms with Crippen LogP contribution in [0.15, 0.2) is 48.5 Å². The highest BCUT2D eigenvalue weighted by Gasteiger charge is 2.18. The van der Waals surface area contributed by atoms with Crippen molar-refractivity contribution in [2.24, 2.45) is 0 Å². The molecule has 5 nitrogen and oxygen atoms in total. The summed E-state index contributed by atoms with van der Waals surface area (Å²) in [4.78, 5) is 22.4. The molecule has 2 rings (SSSR count). The van der Waals surface area contributed by atoms with Gasteiger partial charge >= 0.3 is 0 Å². The molecule has 5 heteroatoms. The second kappa shape index (κ2) is 5.97. The molecule has 0 radical (unpaired) electrons. The molecule has 0 spiro atoms. The first-order valence-corrected chi connectivity index (χ1v) is 6.25. The monoisotopic (exact) mass is 270 g/mol. The van der Waals surface area contributed by atoms with Crippen LogP contribution in [0.2, 0.25) is 0 Å². The second-order valence-electron chi connectivity index (χ2n) is 4.28. The summed E-state index contributed by atoms with van der Waals surface area (Å²) >= 11 is 0. The summed E-state index contributed by atoms with van der Waals surface area (Å²) in [7, 11) is 0. The number of anilines is 1. The standard InChI is InChI=1S/C15H14N2O3/c1-2-11-7-9-12(10-8-11)16-15(18)13-5-3-4-6-14(13)17(19)20/h3-10H,2H2,1H3,(H,16,18). The molecule has 0 atom stereocenters. The highest BCUT2D eigenvalue weighted by molar-refractivity contribution is 6.07. The fourth-order valence-electron chi connectivity index (χ4n) is 1.85. The number of amides is 1. The number of aryl methyl sites for hydroxylation is 1. The van der Waals surface area contributed by atoms with Crippen LogP contribution in [0, 0.1) is 10.1 Å². The minimum absolute atomic E-state index is 0.0528. The van der Waals surface area contributed by atoms with Crippen LogP contribution >= 0.6 is 0 Å². The number of hydrogen-bond acceptors (Lipinski definition) is 3. The smallest absolute Gasteiger partial charge is 0.282 e. The van der Waals surface area contributed by atoms with E-state index >= 15 is 0 Å². The summed E-state index contributed by atoms with van der Waals surface area (Å²) in [6, 6.07) is 13.3. The number of hydrogen-bond donors (Lipinski definition) is 1. The Kier molecular flexibility index (Phi) is 4.10. The maximum Gasteiger partial charge on any atom is 0.282 e. The number of para-hydroxylation sites is 1. The highest BCUT2D eigenvalue weighted by Crippen LogP contribution is 2.19. The summed E-state index contributed by atoms with van der Waals surface area (Å²) in [5.74, 6) is -0.485. The molecule has 0 saturated carbocycles. The first kappa shape index (κ1) is 13.7. The molecule has 2 aromatic carbocycles. The first-order chi connectivity index (χ1) is 9.61. The molecule has 0 aliphatic heterocycles. The molecule has 0 saturated heterocycles. The van der Waals surface area contributed by atoms with Gasteiger partial charge in [0, 0.05) is 11.8 Å². The summed E-state index contributed by atoms with van der Waals surface area (Å²) in [6.07, 6.45) is 0.915. The molecular formula is C15H14N2O3. The van der Waals surface area contributed by atoms with E-state index in [4.69, 9.17) is 0 Å². The van der Waals surface area contributed by atoms with Crippen LogP contribution in [0.5, 0.6) is 0 Å². The van der Waals surface area contributed by atoms with Crippen LogP contribution in [0.1, 0.15) is 22.8 Å². The van der Waals surface area contributed by atoms with Gasteiger partial charge in [-0.05, 0) is 30.2 Å². The van der Waals surface area contributed by atoms with Gasteiger partial charge in [0.15, 0.2) is 0 Å². The molecule has 0 aliphatic rings. The average molecular weight is 270 g/mol. The van der Waals surface area contributed by atoms with Gasteiger partial charge in [0.2, 0.25) is 0 Å². The Morgan fingerprint density at radius 1 is 1.15 bits per heavy atom. The van der Waals surface area contributed by atoms with Crippen LogP contribution in [0.25, 0.3) is 0 Å². The van der Waals surface area contributed by atoms with Gasteiger partial charge in [-0.3, -0.25) is 14.9 Å². The Morgan fingerprint density at radius 3 is 2.40 bits per heavy atom. The van der Waals surface area contributed by atoms with Gasteiger partial charge in [0.05, 0.1) is 4.92 Å². The summed E-state index contributed by atoms with van der Waals surface area (Å²) in [6.45, 7) is 2.04. The summed E-state index contributed by atoms with van der Waals surface area (Å²) in [5, 5.41) is 13.5. The van der Waals surface area contributed by atoms with Crippen molar-refractivity contribution >= 4 is 17.3 Å². The lowest BCUT2D eigenvalue weighted by atomic mass is 10.1. The topological polar surface area (TPSA) is 72.2 Å². The van der Waals surface area contributed by atoms with E-state index in [1.165, 1.54) is 18.2 Å². The number of nitrogens with one attached hydrogen (secondary N) is 1. The van der Waals surface area contributed by atoms with Gasteiger partial charge in [-0.2, -0.15) is 0 Å². The van der Waals surface area contributed by atoms with E-state index in [1.54, 1.807) is 18.2 Å². The van der Waals surface area contributed by atoms with E-state index < -0.39 is 10.8 Å². The number of carbonyl (C=O) groups excluding carboxylic acids is 1. The van der Waals surface area contributed by atoms with E-state index in [-0.39, 0.29) is 11.3 Å². The lowest BCUT2D eigenvalue weighted by Gasteiger charge is -2.06. The van der Waals surface area contributed by atoms with Gasteiger partial charge in [0.25, 0.3) is 11.6 Å². The number of carbonyl (C=O) groups is 1. The van der Waals surface area contributed by atoms with Crippen molar-refractivity contribution in [2.45, 2.75) is 13.3 Å². The van der Waals surface area contributed by atoms with E-state index in [2.05, 4.69) is 5.32 Å². The zero-order chi connectivity index (χ0) is 14.5. The predicted octanol–water partition coefficient (Wildman–Crippen LogP) is 3.41. The lowest BCUT2D eigenvalue weighted by molar-refractivity contribution is -0.385. The van der Waals surface area contributed by atoms with Crippen molar-refractivity contribution in [1.29, 1.82) is 0 Å². The molecule has 0 aliphatic carbocycles. The van der Waals surface area contributed by atoms with Crippen molar-refractivity contribution in [3.63, 3.8) is 0 Å². The normalized spacial score (nSPS) is 10.1. The predicted molar refractivity (Wildman–Crippen MR) is 76.9 cm³/mol. The Morgan fingerprint density at radius 2 is 1.80 bits per heavy atom. The fourth-order valence-corrected chi connectivity index (χ4v) is 1.85. The molecule has 2 aromatic rings. The zero-order valence-corrected chi connectivity index (χ0v) is 11.0. The minimum Gasteiger partial charge on any atom is -0.322 e. The largest absolute Gasteiger partial charge is 0.322 e. The lowest BCUT2D eigenvalue weighted by Crippen LogP contribution is -2.13. The first-order valence-electron chi connectivity index (χ1n) is 6.25. The maximum atomic E-state index is 12.1. The minimum atomic E-state index is -0.560. The van der Waals surface area contributed by atoms with Crippen molar-refractivity contribution in [3.8, 4) is 0 Å². The molecule has 102 valence electrons. The van der Waals surface area contributed by atoms with Crippen molar-refractivity contribution in [3.05, 3.63) is 69.8 Å². The number of nitro benzene ring substituents is 1. The average Bonchev–Trinajstić information content (AvgIpc) is 2.48. The van der Waals surface area contributed by atoms with E-state index in [0.717, 1.165) is 12.0 Å². The van der Waals surface area contributed by atoms with Gasteiger partial charge in [-0.15, -0.1) is 0 Å². The zero-order valence-electron chi connectivity index (χ0n) is 11.0. The van der Waals surface area contributed by atoms with Crippen LogP contribution in [-0.4, -0.2) is 10.8 Å². The molecule has 0 heterocycles. The van der Waals surface area contributed by atoms with Gasteiger partial charge < -0.3 is 5.32 Å². The van der Waals surface area contributed by atoms with Crippen LogP contribution in [-0.2, 0) is 6.42 Å². The molecule has 20 heavy (non-hydrogen) atoms. The third-order valence-electron chi connectivity index (χ3n) is 2.97. The molecule has 0 fully saturated rings. The number of rotatable bonds is 4. The molecule has 0 bridgehead atoms. The Bertz CT molecular complexity index is 636. The summed E-state index contributed by atoms with van der Waals surface area (Å²) in [5.41, 5.74) is 1.63. The van der Waals surface area contributed by atoms with Crippen molar-refractivity contribution in [1.82, 2.24) is 0 Å². The molecule has 0 unspecified atom stereocenters. The van der Waals surface area contributed by atoms with Crippen LogP contribution in [0.3, 0.4) is 0 Å². The highest BCUT2D eigenvalue weighted by atomic mass is 16.6. The molecule has 1 N–H and O–H groups in total. The van der Waals surface area contributed by atoms with Crippen molar-refractivity contribution in [2.75, 3.05) is 5.32 Å². The van der Waals surface area contributed by atoms with E-state index in [1.807, 2.05) is 19.1 Å². The molecular weight excluding hydrogens is 256 g/mol. The summed E-state index contributed by atoms with van der Waals surface area (Å²) < 4.78 is 0. The number of benzene rings is 2. The molecule has 1 amide bonds. The SMILES string of the molecule is CCc1ccc(NC(=O)c2ccccc2[N+](=O)[O-])cc1. The number of nitrogens with zero attached hydrogens (tertiary/aromatic N) is 1. The number of nitro groups is 1. The van der Waals surface area contributed by atoms with Crippen LogP contribution < -0.4 is 5.32 Å². The fraction of sp³-hybridized carbons (Fsp3) is 0.133. The van der Waals surface area contributed by atoms with E-state index in [9.17, 15) is 14.9 Å². The van der Waals surface area contributed by atoms with Gasteiger partial charge in [0.1, 0.15) is 5.56 Å². The van der Waals surface area contributed by atoms with Crippen LogP contribution in [0.4, 0.5) is 11.4 Å². The second-order valence-corrected chi connectivity index (χ2v) is 4.28. The Labute approximate surface area is 116 Å². The van der Waals surface area contributed by atoms with Gasteiger partial charge in [-0.25, -0.2) is 0 Å². The van der Waals surface area contributed by atoms with Crippen molar-refractivity contribution < 1.29 is 9.72 Å². The quantitative estimate of drug-likeness (QED) is 0.683. The van der Waals surface area contributed by atoms with Gasteiger partial charge in [-0.1, -0.05) is 31.2 Å². The third kappa shape index (κ3) is 3.00. The molecule has 0 aromatic heterocycles. The maximum absolute atomic E-state index is 12.1.